The minimum Gasteiger partial charge on any atom is -0.496 e. The van der Waals surface area contributed by atoms with Gasteiger partial charge in [-0.3, -0.25) is 9.59 Å². The lowest BCUT2D eigenvalue weighted by Crippen LogP contribution is -2.41. The summed E-state index contributed by atoms with van der Waals surface area (Å²) in [6.45, 7) is 5.54. The van der Waals surface area contributed by atoms with Gasteiger partial charge in [-0.05, 0) is 44.5 Å². The van der Waals surface area contributed by atoms with E-state index in [1.807, 2.05) is 19.9 Å². The number of methoxy groups -OCH3 is 1. The Kier molecular flexibility index (Phi) is 4.67. The van der Waals surface area contributed by atoms with Crippen LogP contribution in [0.4, 0.5) is 0 Å². The summed E-state index contributed by atoms with van der Waals surface area (Å²) in [5.41, 5.74) is 2.89. The molecule has 0 saturated heterocycles. The van der Waals surface area contributed by atoms with E-state index in [1.165, 1.54) is 14.2 Å². The summed E-state index contributed by atoms with van der Waals surface area (Å²) in [5, 5.41) is 11.6. The number of hydrogen-bond acceptors (Lipinski definition) is 4. The fraction of sp³-hybridized carbons (Fsp3) is 0.429. The van der Waals surface area contributed by atoms with Crippen molar-refractivity contribution in [3.8, 4) is 5.75 Å². The van der Waals surface area contributed by atoms with E-state index in [4.69, 9.17) is 9.84 Å². The van der Waals surface area contributed by atoms with E-state index in [2.05, 4.69) is 5.32 Å². The van der Waals surface area contributed by atoms with Crippen LogP contribution in [-0.4, -0.2) is 37.1 Å². The van der Waals surface area contributed by atoms with Gasteiger partial charge in [0.25, 0.3) is 0 Å². The number of Topliss-reactive ketones (excluding diaryl/α,β-unsaturated/α-hetero) is 1. The Morgan fingerprint density at radius 1 is 1.26 bits per heavy atom. The monoisotopic (exact) mass is 265 g/mol. The van der Waals surface area contributed by atoms with Gasteiger partial charge in [-0.2, -0.15) is 0 Å². The third-order valence-corrected chi connectivity index (χ3v) is 3.23. The summed E-state index contributed by atoms with van der Waals surface area (Å²) in [6, 6.07) is 0.592. The molecule has 1 atom stereocenters. The number of carbonyl (C=O) groups excluding carboxylic acids is 1. The lowest BCUT2D eigenvalue weighted by molar-refractivity contribution is -0.137. The van der Waals surface area contributed by atoms with Gasteiger partial charge in [0.1, 0.15) is 5.75 Å². The number of benzene rings is 1. The lowest BCUT2D eigenvalue weighted by Gasteiger charge is -2.18. The van der Waals surface area contributed by atoms with Crippen LogP contribution in [0.5, 0.6) is 5.75 Å². The summed E-state index contributed by atoms with van der Waals surface area (Å²) in [4.78, 5) is 23.4. The molecule has 0 spiro atoms. The van der Waals surface area contributed by atoms with Gasteiger partial charge in [-0.1, -0.05) is 6.07 Å². The number of aryl methyl sites for hydroxylation is 2. The number of aliphatic carboxylic acids is 1. The van der Waals surface area contributed by atoms with Crippen LogP contribution in [0.1, 0.15) is 27.0 Å². The van der Waals surface area contributed by atoms with Crippen molar-refractivity contribution < 1.29 is 19.4 Å². The summed E-state index contributed by atoms with van der Waals surface area (Å²) >= 11 is 0. The van der Waals surface area contributed by atoms with Gasteiger partial charge >= 0.3 is 5.97 Å². The normalized spacial score (nSPS) is 12.1. The first-order chi connectivity index (χ1) is 8.84. The van der Waals surface area contributed by atoms with Crippen molar-refractivity contribution in [3.05, 3.63) is 28.3 Å². The highest BCUT2D eigenvalue weighted by atomic mass is 16.5. The SMILES string of the molecule is CNC(C(=O)O)C(=O)c1c(C)cc(C)c(C)c1OC. The molecule has 1 unspecified atom stereocenters. The number of ketones is 1. The number of rotatable bonds is 5. The average Bonchev–Trinajstić information content (AvgIpc) is 2.33. The Morgan fingerprint density at radius 3 is 2.26 bits per heavy atom. The maximum atomic E-state index is 12.4. The third-order valence-electron chi connectivity index (χ3n) is 3.23. The van der Waals surface area contributed by atoms with E-state index in [9.17, 15) is 9.59 Å². The molecular formula is C14H19NO4. The molecule has 0 amide bonds. The molecule has 104 valence electrons. The van der Waals surface area contributed by atoms with Crippen LogP contribution in [0.2, 0.25) is 0 Å². The Hall–Kier alpha value is -1.88. The molecule has 1 aromatic rings. The predicted molar refractivity (Wildman–Crippen MR) is 72.0 cm³/mol. The van der Waals surface area contributed by atoms with Gasteiger partial charge in [-0.15, -0.1) is 0 Å². The van der Waals surface area contributed by atoms with Crippen molar-refractivity contribution in [2.24, 2.45) is 0 Å². The summed E-state index contributed by atoms with van der Waals surface area (Å²) < 4.78 is 5.29. The van der Waals surface area contributed by atoms with Crippen molar-refractivity contribution in [2.45, 2.75) is 26.8 Å². The highest BCUT2D eigenvalue weighted by molar-refractivity contribution is 6.13. The van der Waals surface area contributed by atoms with Gasteiger partial charge in [-0.25, -0.2) is 0 Å². The van der Waals surface area contributed by atoms with Gasteiger partial charge in [0.05, 0.1) is 12.7 Å². The number of carboxylic acid groups (broad SMARTS) is 1. The second-order valence-electron chi connectivity index (χ2n) is 4.47. The largest absolute Gasteiger partial charge is 0.496 e. The summed E-state index contributed by atoms with van der Waals surface area (Å²) in [5.74, 6) is -1.25. The van der Waals surface area contributed by atoms with Gasteiger partial charge in [0.15, 0.2) is 11.8 Å². The molecule has 1 aromatic carbocycles. The number of nitrogens with one attached hydrogen (secondary N) is 1. The maximum Gasteiger partial charge on any atom is 0.328 e. The third kappa shape index (κ3) is 2.76. The van der Waals surface area contributed by atoms with Crippen molar-refractivity contribution in [2.75, 3.05) is 14.2 Å². The van der Waals surface area contributed by atoms with E-state index >= 15 is 0 Å². The second kappa shape index (κ2) is 5.84. The quantitative estimate of drug-likeness (QED) is 0.623. The smallest absolute Gasteiger partial charge is 0.328 e. The molecule has 0 radical (unpaired) electrons. The second-order valence-corrected chi connectivity index (χ2v) is 4.47. The molecule has 0 aromatic heterocycles. The molecular weight excluding hydrogens is 246 g/mol. The van der Waals surface area contributed by atoms with E-state index in [0.717, 1.165) is 11.1 Å². The zero-order valence-corrected chi connectivity index (χ0v) is 11.8. The molecule has 0 saturated carbocycles. The van der Waals surface area contributed by atoms with Crippen LogP contribution in [0.15, 0.2) is 6.07 Å². The van der Waals surface area contributed by atoms with E-state index < -0.39 is 17.8 Å². The van der Waals surface area contributed by atoms with Crippen LogP contribution in [0, 0.1) is 20.8 Å². The summed E-state index contributed by atoms with van der Waals surface area (Å²) in [7, 11) is 2.92. The Balaban J connectivity index is 3.46. The zero-order valence-electron chi connectivity index (χ0n) is 11.8. The molecule has 5 heteroatoms. The van der Waals surface area contributed by atoms with Crippen LogP contribution >= 0.6 is 0 Å². The molecule has 0 bridgehead atoms. The lowest BCUT2D eigenvalue weighted by atomic mass is 9.93. The number of likely N-dealkylation sites (N-methyl/N-ethyl adjacent to an activating group) is 1. The topological polar surface area (TPSA) is 75.6 Å². The molecule has 19 heavy (non-hydrogen) atoms. The Morgan fingerprint density at radius 2 is 1.84 bits per heavy atom. The van der Waals surface area contributed by atoms with Gasteiger partial charge in [0.2, 0.25) is 0 Å². The highest BCUT2D eigenvalue weighted by Gasteiger charge is 2.30. The van der Waals surface area contributed by atoms with Crippen molar-refractivity contribution >= 4 is 11.8 Å². The maximum absolute atomic E-state index is 12.4. The molecule has 0 fully saturated rings. The van der Waals surface area contributed by atoms with E-state index in [1.54, 1.807) is 6.92 Å². The molecule has 0 aliphatic carbocycles. The van der Waals surface area contributed by atoms with E-state index in [-0.39, 0.29) is 0 Å². The first-order valence-electron chi connectivity index (χ1n) is 5.94. The molecule has 0 aliphatic rings. The standard InChI is InChI=1S/C14H19NO4/c1-7-6-8(2)10(13(19-5)9(7)3)12(16)11(15-4)14(17)18/h6,11,15H,1-5H3,(H,17,18). The minimum atomic E-state index is -1.27. The van der Waals surface area contributed by atoms with Gasteiger partial charge < -0.3 is 15.2 Å². The molecule has 0 heterocycles. The van der Waals surface area contributed by atoms with Crippen molar-refractivity contribution in [1.82, 2.24) is 5.32 Å². The number of carboxylic acids is 1. The van der Waals surface area contributed by atoms with Crippen LogP contribution in [0.3, 0.4) is 0 Å². The number of ether oxygens (including phenoxy) is 1. The van der Waals surface area contributed by atoms with Crippen LogP contribution < -0.4 is 10.1 Å². The van der Waals surface area contributed by atoms with Crippen molar-refractivity contribution in [1.29, 1.82) is 0 Å². The zero-order chi connectivity index (χ0) is 14.7. The molecule has 0 aliphatic heterocycles. The molecule has 5 nitrogen and oxygen atoms in total. The van der Waals surface area contributed by atoms with Crippen LogP contribution in [0.25, 0.3) is 0 Å². The van der Waals surface area contributed by atoms with Crippen LogP contribution in [-0.2, 0) is 4.79 Å². The number of carbonyl (C=O) groups is 2. The summed E-state index contributed by atoms with van der Waals surface area (Å²) in [6.07, 6.45) is 0. The first-order valence-corrected chi connectivity index (χ1v) is 5.94. The minimum absolute atomic E-state index is 0.326. The first kappa shape index (κ1) is 15.2. The van der Waals surface area contributed by atoms with Crippen molar-refractivity contribution in [3.63, 3.8) is 0 Å². The fourth-order valence-corrected chi connectivity index (χ4v) is 2.12. The highest BCUT2D eigenvalue weighted by Crippen LogP contribution is 2.30. The fourth-order valence-electron chi connectivity index (χ4n) is 2.12. The Labute approximate surface area is 112 Å². The molecule has 1 rings (SSSR count). The van der Waals surface area contributed by atoms with E-state index in [0.29, 0.717) is 16.9 Å². The average molecular weight is 265 g/mol. The predicted octanol–water partition coefficient (Wildman–Crippen LogP) is 1.48. The molecule has 2 N–H and O–H groups in total. The Bertz CT molecular complexity index is 523. The number of hydrogen-bond donors (Lipinski definition) is 2. The van der Waals surface area contributed by atoms with Gasteiger partial charge in [0, 0.05) is 0 Å².